The molecule has 0 unspecified atom stereocenters. The zero-order valence-corrected chi connectivity index (χ0v) is 20.3. The first-order valence-electron chi connectivity index (χ1n) is 12.0. The van der Waals surface area contributed by atoms with Crippen LogP contribution in [0.5, 0.6) is 11.5 Å². The van der Waals surface area contributed by atoms with Crippen LogP contribution in [-0.2, 0) is 19.5 Å². The van der Waals surface area contributed by atoms with Gasteiger partial charge in [0, 0.05) is 71.0 Å². The maximum Gasteiger partial charge on any atom is 0.165 e. The average Bonchev–Trinajstić information content (AvgIpc) is 3.51. The Labute approximate surface area is 209 Å². The van der Waals surface area contributed by atoms with E-state index in [1.165, 1.54) is 26.9 Å². The predicted molar refractivity (Wildman–Crippen MR) is 141 cm³/mol. The lowest BCUT2D eigenvalue weighted by Gasteiger charge is -2.19. The highest BCUT2D eigenvalue weighted by atomic mass is 32.1. The van der Waals surface area contributed by atoms with Crippen molar-refractivity contribution in [3.8, 4) is 22.6 Å². The molecule has 0 bridgehead atoms. The van der Waals surface area contributed by atoms with Crippen molar-refractivity contribution >= 4 is 21.4 Å². The van der Waals surface area contributed by atoms with Gasteiger partial charge in [-0.3, -0.25) is 9.88 Å². The van der Waals surface area contributed by atoms with E-state index in [0.717, 1.165) is 48.8 Å². The Morgan fingerprint density at radius 1 is 1.06 bits per heavy atom. The number of pyridine rings is 1. The second-order valence-electron chi connectivity index (χ2n) is 8.78. The lowest BCUT2D eigenvalue weighted by Crippen LogP contribution is -2.25. The monoisotopic (exact) mass is 481 g/mol. The molecule has 1 N–H and O–H groups in total. The fraction of sp³-hybridized carbons (Fsp3) is 0.207. The first-order chi connectivity index (χ1) is 17.3. The molecule has 35 heavy (non-hydrogen) atoms. The Morgan fingerprint density at radius 2 is 2.00 bits per heavy atom. The predicted octanol–water partition coefficient (Wildman–Crippen LogP) is 6.31. The smallest absolute Gasteiger partial charge is 0.165 e. The lowest BCUT2D eigenvalue weighted by molar-refractivity contribution is 0.213. The molecule has 4 heterocycles. The van der Waals surface area contributed by atoms with Crippen LogP contribution in [0.15, 0.2) is 84.5 Å². The number of nitrogens with zero attached hydrogens (tertiary/aromatic N) is 2. The number of ether oxygens (including phenoxy) is 2. The Morgan fingerprint density at radius 3 is 2.89 bits per heavy atom. The van der Waals surface area contributed by atoms with Crippen LogP contribution in [0.1, 0.15) is 17.0 Å². The zero-order chi connectivity index (χ0) is 23.5. The fourth-order valence-corrected chi connectivity index (χ4v) is 5.63. The molecular weight excluding hydrogens is 454 g/mol. The minimum absolute atomic E-state index is 0.548. The summed E-state index contributed by atoms with van der Waals surface area (Å²) in [5.41, 5.74) is 5.80. The molecular formula is C29H27N3O2S. The van der Waals surface area contributed by atoms with Crippen LogP contribution >= 0.6 is 11.3 Å². The maximum atomic E-state index is 6.37. The van der Waals surface area contributed by atoms with E-state index in [-0.39, 0.29) is 0 Å². The van der Waals surface area contributed by atoms with Gasteiger partial charge in [0.15, 0.2) is 11.5 Å². The van der Waals surface area contributed by atoms with Gasteiger partial charge in [0.2, 0.25) is 0 Å². The Balaban J connectivity index is 1.34. The number of nitrogens with one attached hydrogen (secondary N) is 1. The number of fused-ring (bicyclic) bond motifs is 2. The van der Waals surface area contributed by atoms with Gasteiger partial charge in [-0.05, 0) is 53.4 Å². The number of H-pyrrole nitrogens is 1. The van der Waals surface area contributed by atoms with E-state index in [1.54, 1.807) is 11.3 Å². The van der Waals surface area contributed by atoms with E-state index in [4.69, 9.17) is 9.47 Å². The topological polar surface area (TPSA) is 50.4 Å². The molecule has 2 aromatic carbocycles. The highest BCUT2D eigenvalue weighted by Gasteiger charge is 2.22. The number of hydrogen-bond acceptors (Lipinski definition) is 5. The SMILES string of the molecule is c1ccc(CCOc2cc(-c3csc4ccccc34)cc3c2OCCN(Cc2ccc[nH]2)C3)nc1. The van der Waals surface area contributed by atoms with E-state index in [1.807, 2.05) is 36.7 Å². The second kappa shape index (κ2) is 9.94. The summed E-state index contributed by atoms with van der Waals surface area (Å²) in [6, 6.07) is 23.2. The molecule has 6 heteroatoms. The quantitative estimate of drug-likeness (QED) is 0.296. The Kier molecular flexibility index (Phi) is 6.22. The minimum Gasteiger partial charge on any atom is -0.489 e. The average molecular weight is 482 g/mol. The van der Waals surface area contributed by atoms with E-state index >= 15 is 0 Å². The van der Waals surface area contributed by atoms with Gasteiger partial charge in [0.25, 0.3) is 0 Å². The van der Waals surface area contributed by atoms with Crippen molar-refractivity contribution in [2.75, 3.05) is 19.8 Å². The summed E-state index contributed by atoms with van der Waals surface area (Å²) in [7, 11) is 0. The van der Waals surface area contributed by atoms with E-state index < -0.39 is 0 Å². The number of rotatable bonds is 7. The molecule has 0 radical (unpaired) electrons. The van der Waals surface area contributed by atoms with E-state index in [9.17, 15) is 0 Å². The molecule has 176 valence electrons. The van der Waals surface area contributed by atoms with Crippen molar-refractivity contribution in [3.63, 3.8) is 0 Å². The molecule has 6 rings (SSSR count). The van der Waals surface area contributed by atoms with Crippen molar-refractivity contribution in [2.24, 2.45) is 0 Å². The van der Waals surface area contributed by atoms with Crippen molar-refractivity contribution in [1.29, 1.82) is 0 Å². The molecule has 0 spiro atoms. The maximum absolute atomic E-state index is 6.37. The molecule has 0 fully saturated rings. The van der Waals surface area contributed by atoms with Crippen LogP contribution in [0.2, 0.25) is 0 Å². The summed E-state index contributed by atoms with van der Waals surface area (Å²) in [4.78, 5) is 10.2. The van der Waals surface area contributed by atoms with E-state index in [0.29, 0.717) is 13.2 Å². The van der Waals surface area contributed by atoms with Gasteiger partial charge in [-0.2, -0.15) is 0 Å². The highest BCUT2D eigenvalue weighted by molar-refractivity contribution is 7.17. The number of benzene rings is 2. The molecule has 5 nitrogen and oxygen atoms in total. The van der Waals surface area contributed by atoms with Gasteiger partial charge >= 0.3 is 0 Å². The third-order valence-corrected chi connectivity index (χ3v) is 7.33. The molecule has 0 atom stereocenters. The summed E-state index contributed by atoms with van der Waals surface area (Å²) < 4.78 is 14.0. The van der Waals surface area contributed by atoms with Crippen LogP contribution < -0.4 is 9.47 Å². The Bertz CT molecular complexity index is 1410. The standard InChI is InChI=1S/C29H27N3O2S/c1-2-9-28-25(8-1)26(20-35-28)21-16-22-18-32(19-24-7-5-12-31-24)13-15-34-29(22)27(17-21)33-14-10-23-6-3-4-11-30-23/h1-9,11-12,16-17,20,31H,10,13-15,18-19H2. The van der Waals surface area contributed by atoms with Gasteiger partial charge in [-0.25, -0.2) is 0 Å². The summed E-state index contributed by atoms with van der Waals surface area (Å²) in [5, 5.41) is 3.52. The number of aromatic nitrogens is 2. The van der Waals surface area contributed by atoms with Gasteiger partial charge < -0.3 is 14.5 Å². The highest BCUT2D eigenvalue weighted by Crippen LogP contribution is 2.42. The largest absolute Gasteiger partial charge is 0.489 e. The summed E-state index contributed by atoms with van der Waals surface area (Å²) in [5.74, 6) is 1.67. The first-order valence-corrected chi connectivity index (χ1v) is 12.8. The molecule has 0 aliphatic carbocycles. The normalized spacial score (nSPS) is 13.8. The van der Waals surface area contributed by atoms with Crippen molar-refractivity contribution in [1.82, 2.24) is 14.9 Å². The third kappa shape index (κ3) is 4.81. The second-order valence-corrected chi connectivity index (χ2v) is 9.69. The molecule has 0 amide bonds. The first kappa shape index (κ1) is 21.9. The van der Waals surface area contributed by atoms with Crippen LogP contribution in [0.4, 0.5) is 0 Å². The number of hydrogen-bond donors (Lipinski definition) is 1. The van der Waals surface area contributed by atoms with Gasteiger partial charge in [-0.1, -0.05) is 24.3 Å². The number of thiophene rings is 1. The van der Waals surface area contributed by atoms with Crippen LogP contribution in [0.25, 0.3) is 21.2 Å². The lowest BCUT2D eigenvalue weighted by atomic mass is 10.0. The Hall–Kier alpha value is -3.61. The third-order valence-electron chi connectivity index (χ3n) is 6.37. The molecule has 1 aliphatic heterocycles. The van der Waals surface area contributed by atoms with Crippen molar-refractivity contribution in [2.45, 2.75) is 19.5 Å². The molecule has 0 saturated heterocycles. The van der Waals surface area contributed by atoms with Crippen LogP contribution in [-0.4, -0.2) is 34.6 Å². The van der Waals surface area contributed by atoms with Gasteiger partial charge in [-0.15, -0.1) is 11.3 Å². The van der Waals surface area contributed by atoms with Gasteiger partial charge in [0.05, 0.1) is 6.61 Å². The zero-order valence-electron chi connectivity index (χ0n) is 19.4. The van der Waals surface area contributed by atoms with Gasteiger partial charge in [0.1, 0.15) is 6.61 Å². The molecule has 3 aromatic heterocycles. The minimum atomic E-state index is 0.548. The summed E-state index contributed by atoms with van der Waals surface area (Å²) in [6.45, 7) is 3.70. The van der Waals surface area contributed by atoms with Crippen molar-refractivity contribution in [3.05, 3.63) is 101 Å². The summed E-state index contributed by atoms with van der Waals surface area (Å²) >= 11 is 1.78. The molecule has 1 aliphatic rings. The molecule has 0 saturated carbocycles. The van der Waals surface area contributed by atoms with E-state index in [2.05, 4.69) is 62.7 Å². The molecule has 5 aromatic rings. The van der Waals surface area contributed by atoms with Crippen LogP contribution in [0.3, 0.4) is 0 Å². The van der Waals surface area contributed by atoms with Crippen molar-refractivity contribution < 1.29 is 9.47 Å². The number of aromatic amines is 1. The summed E-state index contributed by atoms with van der Waals surface area (Å²) in [6.07, 6.45) is 4.55. The van der Waals surface area contributed by atoms with Crippen LogP contribution in [0, 0.1) is 0 Å². The fourth-order valence-electron chi connectivity index (χ4n) is 4.66.